The second-order valence-corrected chi connectivity index (χ2v) is 5.23. The van der Waals surface area contributed by atoms with Gasteiger partial charge in [-0.25, -0.2) is 4.98 Å². The van der Waals surface area contributed by atoms with E-state index in [0.29, 0.717) is 11.6 Å². The first-order chi connectivity index (χ1) is 9.76. The molecule has 1 aliphatic rings. The van der Waals surface area contributed by atoms with Gasteiger partial charge in [-0.1, -0.05) is 0 Å². The van der Waals surface area contributed by atoms with Crippen molar-refractivity contribution in [3.05, 3.63) is 36.0 Å². The van der Waals surface area contributed by atoms with E-state index in [9.17, 15) is 0 Å². The number of imidazole rings is 1. The molecule has 0 aliphatic heterocycles. The Hall–Kier alpha value is -2.61. The number of rotatable bonds is 2. The molecule has 1 aromatic carbocycles. The Balaban J connectivity index is 1.99. The van der Waals surface area contributed by atoms with Crippen molar-refractivity contribution in [3.8, 4) is 17.6 Å². The number of nitrogens with zero attached hydrogens (tertiary/aromatic N) is 5. The Bertz CT molecular complexity index is 845. The van der Waals surface area contributed by atoms with Crippen LogP contribution in [-0.4, -0.2) is 19.3 Å². The molecule has 20 heavy (non-hydrogen) atoms. The lowest BCUT2D eigenvalue weighted by molar-refractivity contribution is 0.747. The van der Waals surface area contributed by atoms with Gasteiger partial charge in [0.05, 0.1) is 22.7 Å². The highest BCUT2D eigenvalue weighted by molar-refractivity contribution is 5.81. The lowest BCUT2D eigenvalue weighted by Crippen LogP contribution is -1.98. The van der Waals surface area contributed by atoms with Gasteiger partial charge in [-0.05, 0) is 37.1 Å². The fourth-order valence-electron chi connectivity index (χ4n) is 2.59. The first kappa shape index (κ1) is 11.2. The quantitative estimate of drug-likeness (QED) is 0.714. The van der Waals surface area contributed by atoms with Gasteiger partial charge < -0.3 is 4.57 Å². The number of aryl methyl sites for hydroxylation is 1. The number of hydrogen-bond donors (Lipinski definition) is 0. The SMILES string of the molecule is Cn1ccc(-c2nc3cc(C#N)ccc3n2C2CC2)n1. The highest BCUT2D eigenvalue weighted by atomic mass is 15.3. The maximum atomic E-state index is 9.01. The van der Waals surface area contributed by atoms with Crippen molar-refractivity contribution in [2.45, 2.75) is 18.9 Å². The molecule has 4 rings (SSSR count). The van der Waals surface area contributed by atoms with Gasteiger partial charge in [0.15, 0.2) is 5.82 Å². The Kier molecular flexibility index (Phi) is 2.21. The monoisotopic (exact) mass is 263 g/mol. The minimum atomic E-state index is 0.518. The van der Waals surface area contributed by atoms with E-state index in [-0.39, 0.29) is 0 Å². The summed E-state index contributed by atoms with van der Waals surface area (Å²) >= 11 is 0. The smallest absolute Gasteiger partial charge is 0.161 e. The molecule has 0 spiro atoms. The van der Waals surface area contributed by atoms with Crippen molar-refractivity contribution in [3.63, 3.8) is 0 Å². The number of nitriles is 1. The minimum Gasteiger partial charge on any atom is -0.319 e. The van der Waals surface area contributed by atoms with Crippen LogP contribution in [0.5, 0.6) is 0 Å². The molecule has 0 amide bonds. The number of fused-ring (bicyclic) bond motifs is 1. The van der Waals surface area contributed by atoms with Crippen LogP contribution in [0.1, 0.15) is 24.4 Å². The van der Waals surface area contributed by atoms with Gasteiger partial charge in [-0.3, -0.25) is 4.68 Å². The largest absolute Gasteiger partial charge is 0.319 e. The average Bonchev–Trinajstić information content (AvgIpc) is 3.09. The third-order valence-electron chi connectivity index (χ3n) is 3.67. The van der Waals surface area contributed by atoms with E-state index >= 15 is 0 Å². The fourth-order valence-corrected chi connectivity index (χ4v) is 2.59. The topological polar surface area (TPSA) is 59.4 Å². The highest BCUT2D eigenvalue weighted by Crippen LogP contribution is 2.41. The molecule has 0 bridgehead atoms. The molecule has 0 N–H and O–H groups in total. The summed E-state index contributed by atoms with van der Waals surface area (Å²) in [4.78, 5) is 4.70. The van der Waals surface area contributed by atoms with Gasteiger partial charge in [0.1, 0.15) is 5.69 Å². The van der Waals surface area contributed by atoms with Gasteiger partial charge in [-0.2, -0.15) is 10.4 Å². The van der Waals surface area contributed by atoms with E-state index < -0.39 is 0 Å². The first-order valence-corrected chi connectivity index (χ1v) is 6.68. The van der Waals surface area contributed by atoms with E-state index in [1.807, 2.05) is 37.5 Å². The molecule has 1 aliphatic carbocycles. The summed E-state index contributed by atoms with van der Waals surface area (Å²) < 4.78 is 4.05. The van der Waals surface area contributed by atoms with Crippen LogP contribution in [0.15, 0.2) is 30.5 Å². The molecule has 3 aromatic rings. The highest BCUT2D eigenvalue weighted by Gasteiger charge is 2.29. The molecule has 0 unspecified atom stereocenters. The third kappa shape index (κ3) is 1.62. The fraction of sp³-hybridized carbons (Fsp3) is 0.267. The van der Waals surface area contributed by atoms with E-state index in [1.165, 1.54) is 12.8 Å². The Morgan fingerprint density at radius 2 is 2.15 bits per heavy atom. The molecular weight excluding hydrogens is 250 g/mol. The molecule has 0 saturated heterocycles. The summed E-state index contributed by atoms with van der Waals surface area (Å²) in [6.07, 6.45) is 4.29. The van der Waals surface area contributed by atoms with Crippen LogP contribution in [-0.2, 0) is 7.05 Å². The summed E-state index contributed by atoms with van der Waals surface area (Å²) in [5, 5.41) is 13.5. The lowest BCUT2D eigenvalue weighted by Gasteiger charge is -2.05. The maximum absolute atomic E-state index is 9.01. The average molecular weight is 263 g/mol. The molecule has 1 fully saturated rings. The van der Waals surface area contributed by atoms with Crippen LogP contribution >= 0.6 is 0 Å². The van der Waals surface area contributed by atoms with Crippen molar-refractivity contribution >= 4 is 11.0 Å². The zero-order valence-corrected chi connectivity index (χ0v) is 11.1. The van der Waals surface area contributed by atoms with Gasteiger partial charge in [0.25, 0.3) is 0 Å². The second-order valence-electron chi connectivity index (χ2n) is 5.23. The summed E-state index contributed by atoms with van der Waals surface area (Å²) in [6, 6.07) is 10.4. The van der Waals surface area contributed by atoms with Gasteiger partial charge >= 0.3 is 0 Å². The number of aromatic nitrogens is 4. The molecule has 5 nitrogen and oxygen atoms in total. The van der Waals surface area contributed by atoms with Crippen LogP contribution in [0.25, 0.3) is 22.6 Å². The van der Waals surface area contributed by atoms with Gasteiger partial charge in [-0.15, -0.1) is 0 Å². The van der Waals surface area contributed by atoms with E-state index in [4.69, 9.17) is 10.2 Å². The molecule has 1 saturated carbocycles. The van der Waals surface area contributed by atoms with Gasteiger partial charge in [0.2, 0.25) is 0 Å². The van der Waals surface area contributed by atoms with Crippen LogP contribution in [0, 0.1) is 11.3 Å². The summed E-state index contributed by atoms with van der Waals surface area (Å²) in [6.45, 7) is 0. The molecular formula is C15H13N5. The third-order valence-corrected chi connectivity index (χ3v) is 3.67. The van der Waals surface area contributed by atoms with E-state index in [0.717, 1.165) is 22.6 Å². The number of benzene rings is 1. The zero-order valence-electron chi connectivity index (χ0n) is 11.1. The second kappa shape index (κ2) is 3.94. The lowest BCUT2D eigenvalue weighted by atomic mass is 10.2. The molecule has 0 atom stereocenters. The molecule has 0 radical (unpaired) electrons. The van der Waals surface area contributed by atoms with Crippen LogP contribution in [0.3, 0.4) is 0 Å². The normalized spacial score (nSPS) is 14.6. The molecule has 5 heteroatoms. The van der Waals surface area contributed by atoms with E-state index in [2.05, 4.69) is 15.7 Å². The Morgan fingerprint density at radius 3 is 2.80 bits per heavy atom. The summed E-state index contributed by atoms with van der Waals surface area (Å²) in [5.41, 5.74) is 3.49. The van der Waals surface area contributed by atoms with Crippen LogP contribution in [0.4, 0.5) is 0 Å². The predicted octanol–water partition coefficient (Wildman–Crippen LogP) is 2.64. The van der Waals surface area contributed by atoms with Crippen molar-refractivity contribution in [2.75, 3.05) is 0 Å². The van der Waals surface area contributed by atoms with Crippen molar-refractivity contribution in [1.29, 1.82) is 5.26 Å². The van der Waals surface area contributed by atoms with Gasteiger partial charge in [0, 0.05) is 19.3 Å². The van der Waals surface area contributed by atoms with Crippen molar-refractivity contribution < 1.29 is 0 Å². The maximum Gasteiger partial charge on any atom is 0.161 e. The standard InChI is InChI=1S/C15H13N5/c1-19-7-6-12(18-19)15-17-13-8-10(9-16)2-5-14(13)20(15)11-3-4-11/h2,5-8,11H,3-4H2,1H3. The van der Waals surface area contributed by atoms with Crippen LogP contribution in [0.2, 0.25) is 0 Å². The zero-order chi connectivity index (χ0) is 13.7. The molecule has 2 aromatic heterocycles. The first-order valence-electron chi connectivity index (χ1n) is 6.68. The molecule has 2 heterocycles. The van der Waals surface area contributed by atoms with E-state index in [1.54, 1.807) is 4.68 Å². The van der Waals surface area contributed by atoms with Crippen LogP contribution < -0.4 is 0 Å². The summed E-state index contributed by atoms with van der Waals surface area (Å²) in [7, 11) is 1.90. The van der Waals surface area contributed by atoms with Crippen molar-refractivity contribution in [1.82, 2.24) is 19.3 Å². The Labute approximate surface area is 116 Å². The molecule has 98 valence electrons. The van der Waals surface area contributed by atoms with Crippen molar-refractivity contribution in [2.24, 2.45) is 7.05 Å². The predicted molar refractivity (Wildman–Crippen MR) is 74.9 cm³/mol. The Morgan fingerprint density at radius 1 is 1.30 bits per heavy atom. The summed E-state index contributed by atoms with van der Waals surface area (Å²) in [5.74, 6) is 0.901. The number of hydrogen-bond acceptors (Lipinski definition) is 3. The minimum absolute atomic E-state index is 0.518.